The molecule has 0 radical (unpaired) electrons. The molecule has 0 aromatic heterocycles. The Balaban J connectivity index is 2.00. The highest BCUT2D eigenvalue weighted by Gasteiger charge is 2.16. The van der Waals surface area contributed by atoms with Crippen LogP contribution in [0.5, 0.6) is 5.75 Å². The molecule has 3 nitrogen and oxygen atoms in total. The number of nitrogens with one attached hydrogen (secondary N) is 1. The van der Waals surface area contributed by atoms with Crippen LogP contribution in [0.15, 0.2) is 24.3 Å². The maximum atomic E-state index is 5.39. The van der Waals surface area contributed by atoms with E-state index in [2.05, 4.69) is 29.4 Å². The van der Waals surface area contributed by atoms with Crippen molar-refractivity contribution in [3.05, 3.63) is 24.3 Å². The van der Waals surface area contributed by atoms with Crippen LogP contribution in [-0.4, -0.2) is 44.8 Å². The van der Waals surface area contributed by atoms with Crippen LogP contribution in [0.4, 0.5) is 5.69 Å². The number of anilines is 1. The molecule has 1 N–H and O–H groups in total. The fourth-order valence-corrected chi connectivity index (χ4v) is 3.05. The molecule has 1 saturated heterocycles. The molecule has 1 aliphatic heterocycles. The SMILES string of the molecule is COc1ccccc1N(C)CC1CSCCN1. The Labute approximate surface area is 108 Å². The summed E-state index contributed by atoms with van der Waals surface area (Å²) < 4.78 is 5.39. The zero-order valence-electron chi connectivity index (χ0n) is 10.5. The number of methoxy groups -OCH3 is 1. The standard InChI is InChI=1S/C13H20N2OS/c1-15(9-11-10-17-8-7-14-11)12-5-3-4-6-13(12)16-2/h3-6,11,14H,7-10H2,1-2H3. The first kappa shape index (κ1) is 12.6. The number of rotatable bonds is 4. The Kier molecular flexibility index (Phi) is 4.57. The van der Waals surface area contributed by atoms with Gasteiger partial charge in [-0.05, 0) is 12.1 Å². The molecule has 1 atom stereocenters. The van der Waals surface area contributed by atoms with E-state index >= 15 is 0 Å². The summed E-state index contributed by atoms with van der Waals surface area (Å²) in [5, 5.41) is 3.55. The molecule has 0 spiro atoms. The van der Waals surface area contributed by atoms with E-state index in [1.54, 1.807) is 7.11 Å². The second-order valence-corrected chi connectivity index (χ2v) is 5.43. The van der Waals surface area contributed by atoms with E-state index in [0.29, 0.717) is 6.04 Å². The number of nitrogens with zero attached hydrogens (tertiary/aromatic N) is 1. The summed E-state index contributed by atoms with van der Waals surface area (Å²) in [4.78, 5) is 2.27. The van der Waals surface area contributed by atoms with E-state index in [9.17, 15) is 0 Å². The lowest BCUT2D eigenvalue weighted by Gasteiger charge is -2.29. The zero-order valence-corrected chi connectivity index (χ0v) is 11.3. The average Bonchev–Trinajstić information content (AvgIpc) is 2.40. The van der Waals surface area contributed by atoms with Crippen molar-refractivity contribution in [2.24, 2.45) is 0 Å². The Hall–Kier alpha value is -0.870. The van der Waals surface area contributed by atoms with Gasteiger partial charge in [-0.2, -0.15) is 11.8 Å². The molecule has 1 unspecified atom stereocenters. The Bertz CT molecular complexity index is 353. The van der Waals surface area contributed by atoms with E-state index in [4.69, 9.17) is 4.74 Å². The normalized spacial score (nSPS) is 20.0. The minimum absolute atomic E-state index is 0.573. The Morgan fingerprint density at radius 1 is 1.47 bits per heavy atom. The molecule has 1 heterocycles. The van der Waals surface area contributed by atoms with Crippen LogP contribution in [-0.2, 0) is 0 Å². The van der Waals surface area contributed by atoms with Gasteiger partial charge in [-0.3, -0.25) is 0 Å². The fraction of sp³-hybridized carbons (Fsp3) is 0.538. The second-order valence-electron chi connectivity index (χ2n) is 4.28. The summed E-state index contributed by atoms with van der Waals surface area (Å²) in [5.74, 6) is 3.37. The summed E-state index contributed by atoms with van der Waals surface area (Å²) in [6.45, 7) is 2.14. The first-order valence-corrected chi connectivity index (χ1v) is 7.12. The van der Waals surface area contributed by atoms with E-state index in [1.165, 1.54) is 11.5 Å². The number of thioether (sulfide) groups is 1. The molecule has 4 heteroatoms. The van der Waals surface area contributed by atoms with Crippen molar-refractivity contribution < 1.29 is 4.74 Å². The molecule has 0 amide bonds. The topological polar surface area (TPSA) is 24.5 Å². The van der Waals surface area contributed by atoms with Gasteiger partial charge >= 0.3 is 0 Å². The average molecular weight is 252 g/mol. The van der Waals surface area contributed by atoms with Crippen LogP contribution in [0.1, 0.15) is 0 Å². The van der Waals surface area contributed by atoms with Gasteiger partial charge in [0, 0.05) is 37.7 Å². The summed E-state index contributed by atoms with van der Waals surface area (Å²) in [6.07, 6.45) is 0. The quantitative estimate of drug-likeness (QED) is 0.883. The van der Waals surface area contributed by atoms with E-state index in [-0.39, 0.29) is 0 Å². The second kappa shape index (κ2) is 6.17. The van der Waals surface area contributed by atoms with Crippen molar-refractivity contribution in [1.29, 1.82) is 0 Å². The number of hydrogen-bond acceptors (Lipinski definition) is 4. The van der Waals surface area contributed by atoms with Crippen molar-refractivity contribution >= 4 is 17.4 Å². The van der Waals surface area contributed by atoms with Crippen LogP contribution >= 0.6 is 11.8 Å². The van der Waals surface area contributed by atoms with E-state index in [1.807, 2.05) is 23.9 Å². The first-order chi connectivity index (χ1) is 8.31. The molecule has 0 aliphatic carbocycles. The molecule has 1 fully saturated rings. The summed E-state index contributed by atoms with van der Waals surface area (Å²) in [7, 11) is 3.85. The number of hydrogen-bond donors (Lipinski definition) is 1. The van der Waals surface area contributed by atoms with Crippen LogP contribution in [0.25, 0.3) is 0 Å². The zero-order chi connectivity index (χ0) is 12.1. The third kappa shape index (κ3) is 3.30. The third-order valence-corrected chi connectivity index (χ3v) is 4.12. The van der Waals surface area contributed by atoms with Crippen molar-refractivity contribution in [3.8, 4) is 5.75 Å². The summed E-state index contributed by atoms with van der Waals surface area (Å²) >= 11 is 2.03. The van der Waals surface area contributed by atoms with Crippen molar-refractivity contribution in [3.63, 3.8) is 0 Å². The van der Waals surface area contributed by atoms with Gasteiger partial charge in [0.2, 0.25) is 0 Å². The van der Waals surface area contributed by atoms with Gasteiger partial charge in [0.25, 0.3) is 0 Å². The lowest BCUT2D eigenvalue weighted by molar-refractivity contribution is 0.414. The number of ether oxygens (including phenoxy) is 1. The lowest BCUT2D eigenvalue weighted by atomic mass is 10.2. The van der Waals surface area contributed by atoms with Crippen molar-refractivity contribution in [2.75, 3.05) is 43.7 Å². The minimum atomic E-state index is 0.573. The van der Waals surface area contributed by atoms with Gasteiger partial charge in [0.1, 0.15) is 5.75 Å². The predicted molar refractivity (Wildman–Crippen MR) is 75.4 cm³/mol. The molecule has 2 rings (SSSR count). The Morgan fingerprint density at radius 3 is 3.00 bits per heavy atom. The van der Waals surface area contributed by atoms with Crippen LogP contribution < -0.4 is 15.0 Å². The summed E-state index contributed by atoms with van der Waals surface area (Å²) in [5.41, 5.74) is 1.16. The molecule has 17 heavy (non-hydrogen) atoms. The van der Waals surface area contributed by atoms with Crippen LogP contribution in [0.3, 0.4) is 0 Å². The van der Waals surface area contributed by atoms with Gasteiger partial charge in [0.05, 0.1) is 12.8 Å². The Morgan fingerprint density at radius 2 is 2.29 bits per heavy atom. The van der Waals surface area contributed by atoms with Gasteiger partial charge in [-0.25, -0.2) is 0 Å². The first-order valence-electron chi connectivity index (χ1n) is 5.96. The highest BCUT2D eigenvalue weighted by Crippen LogP contribution is 2.26. The van der Waals surface area contributed by atoms with Crippen molar-refractivity contribution in [2.45, 2.75) is 6.04 Å². The smallest absolute Gasteiger partial charge is 0.142 e. The third-order valence-electron chi connectivity index (χ3n) is 2.99. The largest absolute Gasteiger partial charge is 0.495 e. The highest BCUT2D eigenvalue weighted by molar-refractivity contribution is 7.99. The van der Waals surface area contributed by atoms with Crippen LogP contribution in [0, 0.1) is 0 Å². The van der Waals surface area contributed by atoms with Gasteiger partial charge in [0.15, 0.2) is 0 Å². The monoisotopic (exact) mass is 252 g/mol. The van der Waals surface area contributed by atoms with Gasteiger partial charge in [-0.15, -0.1) is 0 Å². The molecular formula is C13H20N2OS. The minimum Gasteiger partial charge on any atom is -0.495 e. The molecule has 0 bridgehead atoms. The molecule has 0 saturated carbocycles. The van der Waals surface area contributed by atoms with Crippen LogP contribution in [0.2, 0.25) is 0 Å². The lowest BCUT2D eigenvalue weighted by Crippen LogP contribution is -2.45. The fourth-order valence-electron chi connectivity index (χ4n) is 2.11. The maximum Gasteiger partial charge on any atom is 0.142 e. The number of benzene rings is 1. The molecule has 94 valence electrons. The number of para-hydroxylation sites is 2. The molecular weight excluding hydrogens is 232 g/mol. The van der Waals surface area contributed by atoms with E-state index < -0.39 is 0 Å². The molecule has 1 aromatic carbocycles. The van der Waals surface area contributed by atoms with Crippen molar-refractivity contribution in [1.82, 2.24) is 5.32 Å². The van der Waals surface area contributed by atoms with Gasteiger partial charge in [-0.1, -0.05) is 12.1 Å². The maximum absolute atomic E-state index is 5.39. The summed E-state index contributed by atoms with van der Waals surface area (Å²) in [6, 6.07) is 8.75. The van der Waals surface area contributed by atoms with Gasteiger partial charge < -0.3 is 15.0 Å². The predicted octanol–water partition coefficient (Wildman–Crippen LogP) is 1.84. The number of likely N-dealkylation sites (N-methyl/N-ethyl adjacent to an activating group) is 1. The highest BCUT2D eigenvalue weighted by atomic mass is 32.2. The van der Waals surface area contributed by atoms with E-state index in [0.717, 1.165) is 24.5 Å². The molecule has 1 aromatic rings. The molecule has 1 aliphatic rings.